The number of piperidine rings is 1. The lowest BCUT2D eigenvalue weighted by Gasteiger charge is -2.36. The van der Waals surface area contributed by atoms with E-state index in [0.29, 0.717) is 11.6 Å². The fourth-order valence-electron chi connectivity index (χ4n) is 2.99. The van der Waals surface area contributed by atoms with Gasteiger partial charge in [-0.2, -0.15) is 0 Å². The highest BCUT2D eigenvalue weighted by molar-refractivity contribution is 5.99. The molecule has 1 saturated heterocycles. The van der Waals surface area contributed by atoms with Gasteiger partial charge in [0.2, 0.25) is 0 Å². The van der Waals surface area contributed by atoms with Crippen LogP contribution in [-0.2, 0) is 0 Å². The average molecular weight is 275 g/mol. The fourth-order valence-corrected chi connectivity index (χ4v) is 2.99. The van der Waals surface area contributed by atoms with Crippen LogP contribution in [0.2, 0.25) is 0 Å². The molecule has 4 nitrogen and oxygen atoms in total. The summed E-state index contributed by atoms with van der Waals surface area (Å²) in [4.78, 5) is 19.2. The molecule has 1 aliphatic rings. The van der Waals surface area contributed by atoms with Crippen molar-refractivity contribution in [1.29, 1.82) is 0 Å². The van der Waals surface area contributed by atoms with Gasteiger partial charge in [0, 0.05) is 31.5 Å². The fraction of sp³-hybridized carbons (Fsp3) is 0.625. The molecule has 0 saturated carbocycles. The van der Waals surface area contributed by atoms with E-state index in [1.165, 1.54) is 6.42 Å². The second-order valence-electron chi connectivity index (χ2n) is 5.56. The van der Waals surface area contributed by atoms with Crippen LogP contribution >= 0.6 is 0 Å². The number of anilines is 1. The molecular weight excluding hydrogens is 250 g/mol. The molecule has 1 atom stereocenters. The predicted octanol–water partition coefficient (Wildman–Crippen LogP) is 3.23. The van der Waals surface area contributed by atoms with E-state index in [-0.39, 0.29) is 5.91 Å². The van der Waals surface area contributed by atoms with Crippen molar-refractivity contribution in [3.63, 3.8) is 0 Å². The molecule has 1 fully saturated rings. The van der Waals surface area contributed by atoms with Crippen molar-refractivity contribution in [2.45, 2.75) is 52.0 Å². The Hall–Kier alpha value is -1.58. The summed E-state index contributed by atoms with van der Waals surface area (Å²) in [6, 6.07) is 2.33. The van der Waals surface area contributed by atoms with Crippen molar-refractivity contribution in [3.05, 3.63) is 23.5 Å². The number of aryl methyl sites for hydroxylation is 1. The zero-order valence-corrected chi connectivity index (χ0v) is 12.8. The smallest absolute Gasteiger partial charge is 0.257 e. The molecule has 1 unspecified atom stereocenters. The molecule has 0 spiro atoms. The van der Waals surface area contributed by atoms with Crippen LogP contribution in [0.3, 0.4) is 0 Å². The van der Waals surface area contributed by atoms with Crippen LogP contribution in [0.15, 0.2) is 12.3 Å². The second kappa shape index (κ2) is 6.73. The Bertz CT molecular complexity index is 471. The van der Waals surface area contributed by atoms with Crippen LogP contribution < -0.4 is 5.32 Å². The van der Waals surface area contributed by atoms with Gasteiger partial charge >= 0.3 is 0 Å². The minimum absolute atomic E-state index is 0.125. The Morgan fingerprint density at radius 3 is 3.00 bits per heavy atom. The Labute approximate surface area is 121 Å². The first-order valence-corrected chi connectivity index (χ1v) is 7.62. The van der Waals surface area contributed by atoms with E-state index in [4.69, 9.17) is 0 Å². The number of carbonyl (C=O) groups is 1. The number of amides is 1. The molecule has 1 amide bonds. The van der Waals surface area contributed by atoms with Gasteiger partial charge in [0.25, 0.3) is 5.91 Å². The first-order chi connectivity index (χ1) is 9.67. The number of hydrogen-bond acceptors (Lipinski definition) is 3. The second-order valence-corrected chi connectivity index (χ2v) is 5.56. The van der Waals surface area contributed by atoms with Gasteiger partial charge < -0.3 is 10.2 Å². The lowest BCUT2D eigenvalue weighted by Crippen LogP contribution is -2.43. The van der Waals surface area contributed by atoms with E-state index in [1.54, 1.807) is 6.20 Å². The molecule has 0 aliphatic carbocycles. The van der Waals surface area contributed by atoms with Crippen LogP contribution in [0.25, 0.3) is 0 Å². The Morgan fingerprint density at radius 2 is 2.30 bits per heavy atom. The van der Waals surface area contributed by atoms with Crippen LogP contribution in [-0.4, -0.2) is 35.4 Å². The van der Waals surface area contributed by atoms with E-state index < -0.39 is 0 Å². The number of aromatic nitrogens is 1. The van der Waals surface area contributed by atoms with Crippen LogP contribution in [0.5, 0.6) is 0 Å². The molecule has 2 rings (SSSR count). The first-order valence-electron chi connectivity index (χ1n) is 7.62. The lowest BCUT2D eigenvalue weighted by atomic mass is 9.97. The average Bonchev–Trinajstić information content (AvgIpc) is 2.47. The highest BCUT2D eigenvalue weighted by atomic mass is 16.2. The van der Waals surface area contributed by atoms with Gasteiger partial charge in [-0.1, -0.05) is 13.3 Å². The van der Waals surface area contributed by atoms with Crippen LogP contribution in [0, 0.1) is 6.92 Å². The number of nitrogens with one attached hydrogen (secondary N) is 1. The van der Waals surface area contributed by atoms with Crippen molar-refractivity contribution in [2.75, 3.05) is 18.9 Å². The Kier molecular flexibility index (Phi) is 4.99. The van der Waals surface area contributed by atoms with Crippen molar-refractivity contribution in [1.82, 2.24) is 9.88 Å². The predicted molar refractivity (Wildman–Crippen MR) is 82.1 cm³/mol. The van der Waals surface area contributed by atoms with Crippen molar-refractivity contribution < 1.29 is 4.79 Å². The summed E-state index contributed by atoms with van der Waals surface area (Å²) in [5, 5.41) is 3.12. The van der Waals surface area contributed by atoms with E-state index in [0.717, 1.165) is 43.6 Å². The summed E-state index contributed by atoms with van der Waals surface area (Å²) < 4.78 is 0. The maximum absolute atomic E-state index is 12.8. The third-order valence-electron chi connectivity index (χ3n) is 4.05. The van der Waals surface area contributed by atoms with Gasteiger partial charge in [-0.15, -0.1) is 0 Å². The Morgan fingerprint density at radius 1 is 1.50 bits per heavy atom. The van der Waals surface area contributed by atoms with E-state index in [9.17, 15) is 4.79 Å². The van der Waals surface area contributed by atoms with E-state index >= 15 is 0 Å². The molecule has 4 heteroatoms. The molecule has 1 N–H and O–H groups in total. The highest BCUT2D eigenvalue weighted by Crippen LogP contribution is 2.25. The molecule has 110 valence electrons. The minimum atomic E-state index is 0.125. The molecule has 0 bridgehead atoms. The molecule has 0 radical (unpaired) electrons. The third kappa shape index (κ3) is 3.11. The zero-order valence-electron chi connectivity index (χ0n) is 12.8. The number of carbonyl (C=O) groups excluding carboxylic acids is 1. The summed E-state index contributed by atoms with van der Waals surface area (Å²) in [6.45, 7) is 5.00. The van der Waals surface area contributed by atoms with Gasteiger partial charge in [0.1, 0.15) is 0 Å². The van der Waals surface area contributed by atoms with Gasteiger partial charge in [-0.3, -0.25) is 9.78 Å². The number of pyridine rings is 1. The van der Waals surface area contributed by atoms with E-state index in [1.807, 2.05) is 20.0 Å². The monoisotopic (exact) mass is 275 g/mol. The Balaban J connectivity index is 2.24. The maximum atomic E-state index is 12.8. The first kappa shape index (κ1) is 14.8. The SMILES string of the molecule is CCCC1CCCCN1C(=O)c1cnc(C)cc1NC. The number of nitrogens with zero attached hydrogens (tertiary/aromatic N) is 2. The quantitative estimate of drug-likeness (QED) is 0.917. The van der Waals surface area contributed by atoms with Gasteiger partial charge in [-0.05, 0) is 38.7 Å². The standard InChI is InChI=1S/C16H25N3O/c1-4-7-13-8-5-6-9-19(13)16(20)14-11-18-12(2)10-15(14)17-3/h10-11,13H,4-9H2,1-3H3,(H,17,18). The van der Waals surface area contributed by atoms with Gasteiger partial charge in [0.05, 0.1) is 11.3 Å². The van der Waals surface area contributed by atoms with Crippen LogP contribution in [0.1, 0.15) is 55.1 Å². The summed E-state index contributed by atoms with van der Waals surface area (Å²) in [7, 11) is 1.85. The lowest BCUT2D eigenvalue weighted by molar-refractivity contribution is 0.0601. The minimum Gasteiger partial charge on any atom is -0.387 e. The number of hydrogen-bond donors (Lipinski definition) is 1. The number of rotatable bonds is 4. The van der Waals surface area contributed by atoms with Crippen molar-refractivity contribution in [2.24, 2.45) is 0 Å². The summed E-state index contributed by atoms with van der Waals surface area (Å²) >= 11 is 0. The van der Waals surface area contributed by atoms with Crippen LogP contribution in [0.4, 0.5) is 5.69 Å². The maximum Gasteiger partial charge on any atom is 0.257 e. The topological polar surface area (TPSA) is 45.2 Å². The molecule has 1 aromatic heterocycles. The van der Waals surface area contributed by atoms with Crippen molar-refractivity contribution in [3.8, 4) is 0 Å². The third-order valence-corrected chi connectivity index (χ3v) is 4.05. The molecular formula is C16H25N3O. The molecule has 1 aliphatic heterocycles. The van der Waals surface area contributed by atoms with Crippen molar-refractivity contribution >= 4 is 11.6 Å². The van der Waals surface area contributed by atoms with Gasteiger partial charge in [0.15, 0.2) is 0 Å². The van der Waals surface area contributed by atoms with Gasteiger partial charge in [-0.25, -0.2) is 0 Å². The molecule has 2 heterocycles. The largest absolute Gasteiger partial charge is 0.387 e. The summed E-state index contributed by atoms with van der Waals surface area (Å²) in [5.74, 6) is 0.125. The molecule has 0 aromatic carbocycles. The normalized spacial score (nSPS) is 18.9. The molecule has 20 heavy (non-hydrogen) atoms. The number of likely N-dealkylation sites (tertiary alicyclic amines) is 1. The zero-order chi connectivity index (χ0) is 14.5. The summed E-state index contributed by atoms with van der Waals surface area (Å²) in [6.07, 6.45) is 7.41. The molecule has 1 aromatic rings. The highest BCUT2D eigenvalue weighted by Gasteiger charge is 2.28. The summed E-state index contributed by atoms with van der Waals surface area (Å²) in [5.41, 5.74) is 2.50. The van der Waals surface area contributed by atoms with E-state index in [2.05, 4.69) is 22.1 Å².